The van der Waals surface area contributed by atoms with E-state index in [4.69, 9.17) is 5.73 Å². The van der Waals surface area contributed by atoms with Gasteiger partial charge < -0.3 is 15.5 Å². The summed E-state index contributed by atoms with van der Waals surface area (Å²) in [6.45, 7) is 8.15. The highest BCUT2D eigenvalue weighted by Gasteiger charge is 2.16. The van der Waals surface area contributed by atoms with Crippen molar-refractivity contribution in [1.82, 2.24) is 9.80 Å². The maximum absolute atomic E-state index is 13.1. The fourth-order valence-electron chi connectivity index (χ4n) is 2.45. The molecule has 0 atom stereocenters. The Bertz CT molecular complexity index is 470. The molecule has 0 saturated carbocycles. The van der Waals surface area contributed by atoms with Gasteiger partial charge in [-0.15, -0.1) is 0 Å². The first-order valence-electron chi connectivity index (χ1n) is 7.13. The summed E-state index contributed by atoms with van der Waals surface area (Å²) in [5.41, 5.74) is 6.02. The highest BCUT2D eigenvalue weighted by Crippen LogP contribution is 2.14. The SMILES string of the molecule is CCN1CCN(CCC(=O)c2ccc(F)c(N)c2)CC1. The lowest BCUT2D eigenvalue weighted by molar-refractivity contribution is 0.0932. The number of benzene rings is 1. The minimum atomic E-state index is -0.475. The number of carbonyl (C=O) groups is 1. The first-order valence-corrected chi connectivity index (χ1v) is 7.13. The molecule has 1 aliphatic heterocycles. The van der Waals surface area contributed by atoms with Gasteiger partial charge in [-0.2, -0.15) is 0 Å². The van der Waals surface area contributed by atoms with Gasteiger partial charge in [0.15, 0.2) is 5.78 Å². The van der Waals surface area contributed by atoms with Crippen LogP contribution in [0.3, 0.4) is 0 Å². The number of anilines is 1. The minimum Gasteiger partial charge on any atom is -0.396 e. The largest absolute Gasteiger partial charge is 0.396 e. The lowest BCUT2D eigenvalue weighted by Crippen LogP contribution is -2.46. The smallest absolute Gasteiger partial charge is 0.164 e. The van der Waals surface area contributed by atoms with E-state index in [1.807, 2.05) is 0 Å². The molecule has 1 heterocycles. The Kier molecular flexibility index (Phi) is 5.09. The lowest BCUT2D eigenvalue weighted by atomic mass is 10.1. The molecule has 1 fully saturated rings. The number of hydrogen-bond donors (Lipinski definition) is 1. The van der Waals surface area contributed by atoms with Gasteiger partial charge >= 0.3 is 0 Å². The first-order chi connectivity index (χ1) is 9.60. The highest BCUT2D eigenvalue weighted by atomic mass is 19.1. The number of rotatable bonds is 5. The molecular formula is C15H22FN3O. The van der Waals surface area contributed by atoms with Gasteiger partial charge in [-0.3, -0.25) is 4.79 Å². The van der Waals surface area contributed by atoms with E-state index in [1.165, 1.54) is 18.2 Å². The maximum Gasteiger partial charge on any atom is 0.164 e. The van der Waals surface area contributed by atoms with Crippen LogP contribution >= 0.6 is 0 Å². The molecule has 1 saturated heterocycles. The molecule has 0 amide bonds. The van der Waals surface area contributed by atoms with E-state index in [0.29, 0.717) is 12.0 Å². The van der Waals surface area contributed by atoms with E-state index in [9.17, 15) is 9.18 Å². The average Bonchev–Trinajstić information content (AvgIpc) is 2.48. The molecule has 4 nitrogen and oxygen atoms in total. The fourth-order valence-corrected chi connectivity index (χ4v) is 2.45. The van der Waals surface area contributed by atoms with E-state index in [2.05, 4.69) is 16.7 Å². The van der Waals surface area contributed by atoms with Crippen molar-refractivity contribution in [1.29, 1.82) is 0 Å². The monoisotopic (exact) mass is 279 g/mol. The summed E-state index contributed by atoms with van der Waals surface area (Å²) in [5, 5.41) is 0. The van der Waals surface area contributed by atoms with Gasteiger partial charge in [0, 0.05) is 44.7 Å². The molecule has 0 spiro atoms. The van der Waals surface area contributed by atoms with Gasteiger partial charge in [-0.05, 0) is 24.7 Å². The Morgan fingerprint density at radius 3 is 2.50 bits per heavy atom. The highest BCUT2D eigenvalue weighted by molar-refractivity contribution is 5.96. The molecule has 5 heteroatoms. The van der Waals surface area contributed by atoms with E-state index < -0.39 is 5.82 Å². The average molecular weight is 279 g/mol. The molecule has 2 rings (SSSR count). The summed E-state index contributed by atoms with van der Waals surface area (Å²) in [6.07, 6.45) is 0.456. The molecule has 0 radical (unpaired) electrons. The van der Waals surface area contributed by atoms with Gasteiger partial charge in [0.05, 0.1) is 5.69 Å². The number of nitrogens with two attached hydrogens (primary N) is 1. The van der Waals surface area contributed by atoms with Crippen molar-refractivity contribution < 1.29 is 9.18 Å². The Labute approximate surface area is 119 Å². The van der Waals surface area contributed by atoms with Gasteiger partial charge in [0.25, 0.3) is 0 Å². The summed E-state index contributed by atoms with van der Waals surface area (Å²) in [5.74, 6) is -0.452. The van der Waals surface area contributed by atoms with Crippen molar-refractivity contribution >= 4 is 11.5 Å². The third kappa shape index (κ3) is 3.77. The van der Waals surface area contributed by atoms with Gasteiger partial charge in [0.2, 0.25) is 0 Å². The maximum atomic E-state index is 13.1. The van der Waals surface area contributed by atoms with Crippen LogP contribution in [-0.4, -0.2) is 54.9 Å². The van der Waals surface area contributed by atoms with Crippen LogP contribution in [0.25, 0.3) is 0 Å². The summed E-state index contributed by atoms with van der Waals surface area (Å²) in [7, 11) is 0. The van der Waals surface area contributed by atoms with E-state index in [1.54, 1.807) is 0 Å². The summed E-state index contributed by atoms with van der Waals surface area (Å²) in [4.78, 5) is 16.8. The van der Waals surface area contributed by atoms with Crippen LogP contribution in [0.15, 0.2) is 18.2 Å². The molecule has 2 N–H and O–H groups in total. The number of halogens is 1. The van der Waals surface area contributed by atoms with Crippen molar-refractivity contribution in [2.75, 3.05) is 45.0 Å². The van der Waals surface area contributed by atoms with Crippen molar-refractivity contribution in [2.24, 2.45) is 0 Å². The first kappa shape index (κ1) is 14.9. The Balaban J connectivity index is 1.82. The second-order valence-corrected chi connectivity index (χ2v) is 5.19. The summed E-state index contributed by atoms with van der Waals surface area (Å²) >= 11 is 0. The number of carbonyl (C=O) groups excluding carboxylic acids is 1. The van der Waals surface area contributed by atoms with Crippen LogP contribution in [0.1, 0.15) is 23.7 Å². The fraction of sp³-hybridized carbons (Fsp3) is 0.533. The molecule has 1 aromatic carbocycles. The quantitative estimate of drug-likeness (QED) is 0.657. The summed E-state index contributed by atoms with van der Waals surface area (Å²) in [6, 6.07) is 4.18. The third-order valence-corrected chi connectivity index (χ3v) is 3.89. The van der Waals surface area contributed by atoms with E-state index in [-0.39, 0.29) is 11.5 Å². The Hall–Kier alpha value is -1.46. The van der Waals surface area contributed by atoms with Crippen LogP contribution in [0.4, 0.5) is 10.1 Å². The molecule has 1 aromatic rings. The van der Waals surface area contributed by atoms with Crippen LogP contribution in [-0.2, 0) is 0 Å². The second kappa shape index (κ2) is 6.81. The topological polar surface area (TPSA) is 49.6 Å². The number of hydrogen-bond acceptors (Lipinski definition) is 4. The predicted molar refractivity (Wildman–Crippen MR) is 78.3 cm³/mol. The number of Topliss-reactive ketones (excluding diaryl/α,β-unsaturated/α-hetero) is 1. The number of nitrogen functional groups attached to an aromatic ring is 1. The van der Waals surface area contributed by atoms with Crippen LogP contribution in [0.2, 0.25) is 0 Å². The number of ketones is 1. The zero-order valence-electron chi connectivity index (χ0n) is 11.9. The normalized spacial score (nSPS) is 17.3. The van der Waals surface area contributed by atoms with E-state index >= 15 is 0 Å². The standard InChI is InChI=1S/C15H22FN3O/c1-2-18-7-9-19(10-8-18)6-5-15(20)12-3-4-13(16)14(17)11-12/h3-4,11H,2,5-10,17H2,1H3. The predicted octanol–water partition coefficient (Wildman–Crippen LogP) is 1.62. The number of piperazine rings is 1. The van der Waals surface area contributed by atoms with Crippen LogP contribution in [0.5, 0.6) is 0 Å². The molecule has 20 heavy (non-hydrogen) atoms. The zero-order chi connectivity index (χ0) is 14.5. The van der Waals surface area contributed by atoms with Gasteiger partial charge in [-0.1, -0.05) is 6.92 Å². The molecule has 1 aliphatic rings. The minimum absolute atomic E-state index is 0.0228. The van der Waals surface area contributed by atoms with Gasteiger partial charge in [-0.25, -0.2) is 4.39 Å². The van der Waals surface area contributed by atoms with Crippen LogP contribution in [0, 0.1) is 5.82 Å². The molecule has 0 unspecified atom stereocenters. The Morgan fingerprint density at radius 2 is 1.90 bits per heavy atom. The molecule has 110 valence electrons. The van der Waals surface area contributed by atoms with Crippen molar-refractivity contribution in [3.05, 3.63) is 29.6 Å². The van der Waals surface area contributed by atoms with Crippen molar-refractivity contribution in [3.8, 4) is 0 Å². The molecule has 0 bridgehead atoms. The number of likely N-dealkylation sites (N-methyl/N-ethyl adjacent to an activating group) is 1. The number of nitrogens with zero attached hydrogens (tertiary/aromatic N) is 2. The second-order valence-electron chi connectivity index (χ2n) is 5.19. The molecule has 0 aliphatic carbocycles. The summed E-state index contributed by atoms with van der Waals surface area (Å²) < 4.78 is 13.1. The molecule has 0 aromatic heterocycles. The van der Waals surface area contributed by atoms with Crippen molar-refractivity contribution in [3.63, 3.8) is 0 Å². The van der Waals surface area contributed by atoms with Crippen molar-refractivity contribution in [2.45, 2.75) is 13.3 Å². The lowest BCUT2D eigenvalue weighted by Gasteiger charge is -2.33. The Morgan fingerprint density at radius 1 is 1.25 bits per heavy atom. The molecular weight excluding hydrogens is 257 g/mol. The zero-order valence-corrected chi connectivity index (χ0v) is 11.9. The van der Waals surface area contributed by atoms with Gasteiger partial charge in [0.1, 0.15) is 5.82 Å². The van der Waals surface area contributed by atoms with E-state index in [0.717, 1.165) is 39.3 Å². The third-order valence-electron chi connectivity index (χ3n) is 3.89. The van der Waals surface area contributed by atoms with Crippen LogP contribution < -0.4 is 5.73 Å².